The van der Waals surface area contributed by atoms with Gasteiger partial charge in [-0.25, -0.2) is 8.42 Å². The van der Waals surface area contributed by atoms with E-state index in [4.69, 9.17) is 12.2 Å². The van der Waals surface area contributed by atoms with E-state index in [1.54, 1.807) is 28.6 Å². The van der Waals surface area contributed by atoms with Crippen LogP contribution in [0.5, 0.6) is 0 Å². The Balaban J connectivity index is 1.38. The van der Waals surface area contributed by atoms with Crippen molar-refractivity contribution in [2.24, 2.45) is 5.92 Å². The van der Waals surface area contributed by atoms with E-state index in [-0.39, 0.29) is 5.92 Å². The fraction of sp³-hybridized carbons (Fsp3) is 0.296. The van der Waals surface area contributed by atoms with Crippen LogP contribution in [0.1, 0.15) is 36.8 Å². The summed E-state index contributed by atoms with van der Waals surface area (Å²) >= 11 is 5.53. The average molecular weight is 494 g/mol. The first kappa shape index (κ1) is 24.4. The summed E-state index contributed by atoms with van der Waals surface area (Å²) < 4.78 is 27.5. The molecule has 0 aliphatic carbocycles. The smallest absolute Gasteiger partial charge is 0.243 e. The first-order valence-electron chi connectivity index (χ1n) is 11.7. The summed E-state index contributed by atoms with van der Waals surface area (Å²) in [5.41, 5.74) is 3.18. The average Bonchev–Trinajstić information content (AvgIpc) is 2.86. The van der Waals surface area contributed by atoms with E-state index in [0.717, 1.165) is 18.5 Å². The first-order valence-corrected chi connectivity index (χ1v) is 13.5. The normalized spacial score (nSPS) is 15.2. The van der Waals surface area contributed by atoms with E-state index in [1.807, 2.05) is 36.4 Å². The molecule has 0 spiro atoms. The molecule has 0 unspecified atom stereocenters. The molecule has 0 bridgehead atoms. The number of nitrogens with one attached hydrogen (secondary N) is 2. The van der Waals surface area contributed by atoms with Gasteiger partial charge in [0.1, 0.15) is 0 Å². The lowest BCUT2D eigenvalue weighted by Gasteiger charge is -2.29. The highest BCUT2D eigenvalue weighted by atomic mass is 32.2. The Bertz CT molecular complexity index is 1140. The second-order valence-electron chi connectivity index (χ2n) is 8.82. The Morgan fingerprint density at radius 3 is 1.97 bits per heavy atom. The van der Waals surface area contributed by atoms with Crippen LogP contribution in [-0.2, 0) is 10.0 Å². The van der Waals surface area contributed by atoms with Gasteiger partial charge in [-0.1, -0.05) is 67.6 Å². The van der Waals surface area contributed by atoms with Crippen molar-refractivity contribution in [1.29, 1.82) is 0 Å². The van der Waals surface area contributed by atoms with Gasteiger partial charge in [0.15, 0.2) is 5.11 Å². The molecule has 2 N–H and O–H groups in total. The maximum absolute atomic E-state index is 12.9. The number of rotatable bonds is 7. The van der Waals surface area contributed by atoms with Crippen LogP contribution in [0.4, 0.5) is 5.69 Å². The van der Waals surface area contributed by atoms with Gasteiger partial charge >= 0.3 is 0 Å². The molecular weight excluding hydrogens is 462 g/mol. The molecule has 0 atom stereocenters. The summed E-state index contributed by atoms with van der Waals surface area (Å²) in [5, 5.41) is 7.00. The largest absolute Gasteiger partial charge is 0.361 e. The standard InChI is InChI=1S/C27H31N3O2S2/c1-21-16-18-30(19-17-21)34(31,32)25-14-12-24(13-15-25)29-27(33)28-20-26(22-8-4-2-5-9-22)23-10-6-3-7-11-23/h2-15,21,26H,16-20H2,1H3,(H2,28,29,33). The number of hydrogen-bond acceptors (Lipinski definition) is 3. The van der Waals surface area contributed by atoms with E-state index < -0.39 is 10.0 Å². The van der Waals surface area contributed by atoms with Crippen molar-refractivity contribution in [3.63, 3.8) is 0 Å². The first-order chi connectivity index (χ1) is 16.4. The number of benzene rings is 3. The lowest BCUT2D eigenvalue weighted by Crippen LogP contribution is -2.37. The third kappa shape index (κ3) is 6.03. The maximum Gasteiger partial charge on any atom is 0.243 e. The van der Waals surface area contributed by atoms with E-state index >= 15 is 0 Å². The van der Waals surface area contributed by atoms with Gasteiger partial charge in [-0.3, -0.25) is 0 Å². The molecule has 34 heavy (non-hydrogen) atoms. The topological polar surface area (TPSA) is 61.4 Å². The van der Waals surface area contributed by atoms with Crippen LogP contribution >= 0.6 is 12.2 Å². The predicted octanol–water partition coefficient (Wildman–Crippen LogP) is 5.23. The monoisotopic (exact) mass is 493 g/mol. The third-order valence-electron chi connectivity index (χ3n) is 6.36. The lowest BCUT2D eigenvalue weighted by molar-refractivity contribution is 0.288. The van der Waals surface area contributed by atoms with Gasteiger partial charge in [0, 0.05) is 31.2 Å². The second kappa shape index (κ2) is 11.1. The number of anilines is 1. The van der Waals surface area contributed by atoms with Gasteiger partial charge in [-0.15, -0.1) is 0 Å². The summed E-state index contributed by atoms with van der Waals surface area (Å²) in [4.78, 5) is 0.319. The van der Waals surface area contributed by atoms with Gasteiger partial charge in [0.25, 0.3) is 0 Å². The van der Waals surface area contributed by atoms with Crippen LogP contribution in [0.25, 0.3) is 0 Å². The van der Waals surface area contributed by atoms with Crippen LogP contribution in [0.2, 0.25) is 0 Å². The minimum absolute atomic E-state index is 0.155. The minimum atomic E-state index is -3.46. The lowest BCUT2D eigenvalue weighted by atomic mass is 9.91. The molecule has 178 valence electrons. The zero-order chi connectivity index (χ0) is 24.0. The zero-order valence-corrected chi connectivity index (χ0v) is 21.0. The predicted molar refractivity (Wildman–Crippen MR) is 143 cm³/mol. The van der Waals surface area contributed by atoms with Crippen molar-refractivity contribution in [1.82, 2.24) is 9.62 Å². The zero-order valence-electron chi connectivity index (χ0n) is 19.4. The molecule has 5 nitrogen and oxygen atoms in total. The van der Waals surface area contributed by atoms with E-state index in [1.165, 1.54) is 11.1 Å². The Labute approximate surface area is 208 Å². The van der Waals surface area contributed by atoms with Crippen molar-refractivity contribution >= 4 is 33.0 Å². The van der Waals surface area contributed by atoms with E-state index in [9.17, 15) is 8.42 Å². The molecule has 1 fully saturated rings. The Morgan fingerprint density at radius 2 is 1.44 bits per heavy atom. The maximum atomic E-state index is 12.9. The fourth-order valence-electron chi connectivity index (χ4n) is 4.25. The van der Waals surface area contributed by atoms with Crippen LogP contribution in [0.15, 0.2) is 89.8 Å². The number of hydrogen-bond donors (Lipinski definition) is 2. The van der Waals surface area contributed by atoms with E-state index in [2.05, 4.69) is 41.8 Å². The third-order valence-corrected chi connectivity index (χ3v) is 8.52. The molecule has 0 radical (unpaired) electrons. The van der Waals surface area contributed by atoms with Crippen LogP contribution < -0.4 is 10.6 Å². The van der Waals surface area contributed by atoms with Gasteiger partial charge in [0.05, 0.1) is 4.90 Å². The van der Waals surface area contributed by atoms with Crippen LogP contribution in [0, 0.1) is 5.92 Å². The summed E-state index contributed by atoms with van der Waals surface area (Å²) in [6.45, 7) is 3.98. The molecule has 4 rings (SSSR count). The van der Waals surface area contributed by atoms with E-state index in [0.29, 0.717) is 35.6 Å². The van der Waals surface area contributed by atoms with Crippen molar-refractivity contribution in [2.75, 3.05) is 25.0 Å². The second-order valence-corrected chi connectivity index (χ2v) is 11.2. The molecule has 0 amide bonds. The molecule has 0 aromatic heterocycles. The van der Waals surface area contributed by atoms with Gasteiger partial charge < -0.3 is 10.6 Å². The highest BCUT2D eigenvalue weighted by Gasteiger charge is 2.27. The van der Waals surface area contributed by atoms with Crippen molar-refractivity contribution in [2.45, 2.75) is 30.6 Å². The Kier molecular flexibility index (Phi) is 7.98. The Morgan fingerprint density at radius 1 is 0.912 bits per heavy atom. The van der Waals surface area contributed by atoms with Crippen molar-refractivity contribution in [3.05, 3.63) is 96.1 Å². The molecular formula is C27H31N3O2S2. The number of nitrogens with zero attached hydrogens (tertiary/aromatic N) is 1. The number of piperidine rings is 1. The molecule has 7 heteroatoms. The van der Waals surface area contributed by atoms with Crippen molar-refractivity contribution < 1.29 is 8.42 Å². The number of sulfonamides is 1. The highest BCUT2D eigenvalue weighted by molar-refractivity contribution is 7.89. The quantitative estimate of drug-likeness (QED) is 0.442. The highest BCUT2D eigenvalue weighted by Crippen LogP contribution is 2.25. The van der Waals surface area contributed by atoms with Gasteiger partial charge in [0.2, 0.25) is 10.0 Å². The SMILES string of the molecule is CC1CCN(S(=O)(=O)c2ccc(NC(=S)NCC(c3ccccc3)c3ccccc3)cc2)CC1. The minimum Gasteiger partial charge on any atom is -0.361 e. The molecule has 1 saturated heterocycles. The van der Waals surface area contributed by atoms with Crippen LogP contribution in [-0.4, -0.2) is 37.5 Å². The van der Waals surface area contributed by atoms with Crippen LogP contribution in [0.3, 0.4) is 0 Å². The number of thiocarbonyl (C=S) groups is 1. The van der Waals surface area contributed by atoms with Gasteiger partial charge in [-0.05, 0) is 66.4 Å². The summed E-state index contributed by atoms with van der Waals surface area (Å²) in [6.07, 6.45) is 1.82. The summed E-state index contributed by atoms with van der Waals surface area (Å²) in [7, 11) is -3.46. The molecule has 0 saturated carbocycles. The summed E-state index contributed by atoms with van der Waals surface area (Å²) in [6, 6.07) is 27.5. The molecule has 3 aromatic carbocycles. The molecule has 1 aliphatic heterocycles. The van der Waals surface area contributed by atoms with Gasteiger partial charge in [-0.2, -0.15) is 4.31 Å². The fourth-order valence-corrected chi connectivity index (χ4v) is 5.92. The molecule has 1 heterocycles. The summed E-state index contributed by atoms with van der Waals surface area (Å²) in [5.74, 6) is 0.733. The molecule has 1 aliphatic rings. The molecule has 3 aromatic rings. The van der Waals surface area contributed by atoms with Crippen molar-refractivity contribution in [3.8, 4) is 0 Å². The Hall–Kier alpha value is -2.74.